The van der Waals surface area contributed by atoms with Crippen LogP contribution in [0, 0.1) is 13.8 Å². The molecule has 0 aliphatic carbocycles. The van der Waals surface area contributed by atoms with Gasteiger partial charge in [-0.3, -0.25) is 4.79 Å². The van der Waals surface area contributed by atoms with E-state index in [-0.39, 0.29) is 24.7 Å². The average Bonchev–Trinajstić information content (AvgIpc) is 2.51. The highest BCUT2D eigenvalue weighted by Gasteiger charge is 2.30. The lowest BCUT2D eigenvalue weighted by molar-refractivity contribution is -0.274. The largest absolute Gasteiger partial charge is 0.573 e. The fraction of sp³-hybridized carbons (Fsp3) is 0.278. The van der Waals surface area contributed by atoms with Gasteiger partial charge in [-0.2, -0.15) is 0 Å². The zero-order valence-corrected chi connectivity index (χ0v) is 13.8. The summed E-state index contributed by atoms with van der Waals surface area (Å²) in [7, 11) is 0. The molecule has 0 heterocycles. The van der Waals surface area contributed by atoms with Gasteiger partial charge in [0.25, 0.3) is 0 Å². The number of alkyl halides is 3. The van der Waals surface area contributed by atoms with Crippen molar-refractivity contribution in [1.29, 1.82) is 0 Å². The fourth-order valence-corrected chi connectivity index (χ4v) is 2.08. The van der Waals surface area contributed by atoms with Gasteiger partial charge in [-0.1, -0.05) is 12.1 Å². The first-order valence-corrected chi connectivity index (χ1v) is 7.59. The number of benzene rings is 2. The summed E-state index contributed by atoms with van der Waals surface area (Å²) in [4.78, 5) is 11.9. The van der Waals surface area contributed by atoms with E-state index in [9.17, 15) is 18.0 Å². The Morgan fingerprint density at radius 2 is 1.76 bits per heavy atom. The summed E-state index contributed by atoms with van der Waals surface area (Å²) in [6.07, 6.45) is -4.62. The van der Waals surface area contributed by atoms with Crippen molar-refractivity contribution in [1.82, 2.24) is 0 Å². The van der Waals surface area contributed by atoms with Gasteiger partial charge in [0, 0.05) is 5.69 Å². The lowest BCUT2D eigenvalue weighted by Crippen LogP contribution is -2.17. The summed E-state index contributed by atoms with van der Waals surface area (Å²) < 4.78 is 45.6. The molecule has 0 saturated carbocycles. The van der Waals surface area contributed by atoms with Crippen molar-refractivity contribution >= 4 is 11.6 Å². The molecule has 0 aliphatic rings. The number of rotatable bonds is 6. The van der Waals surface area contributed by atoms with Crippen molar-refractivity contribution in [3.8, 4) is 11.5 Å². The molecule has 1 N–H and O–H groups in total. The van der Waals surface area contributed by atoms with Crippen LogP contribution in [-0.4, -0.2) is 18.9 Å². The van der Waals surface area contributed by atoms with Gasteiger partial charge in [-0.15, -0.1) is 13.2 Å². The molecule has 0 aliphatic heterocycles. The molecule has 1 amide bonds. The van der Waals surface area contributed by atoms with E-state index in [1.165, 1.54) is 12.1 Å². The third kappa shape index (κ3) is 6.37. The fourth-order valence-electron chi connectivity index (χ4n) is 2.08. The van der Waals surface area contributed by atoms with Crippen LogP contribution in [-0.2, 0) is 4.79 Å². The molecular formula is C18H18F3NO3. The normalized spacial score (nSPS) is 11.1. The Morgan fingerprint density at radius 1 is 1.08 bits per heavy atom. The second kappa shape index (κ2) is 7.92. The summed E-state index contributed by atoms with van der Waals surface area (Å²) in [6.45, 7) is 4.07. The third-order valence-corrected chi connectivity index (χ3v) is 3.30. The smallest absolute Gasteiger partial charge is 0.493 e. The molecule has 0 fully saturated rings. The highest BCUT2D eigenvalue weighted by molar-refractivity contribution is 5.90. The van der Waals surface area contributed by atoms with Gasteiger partial charge in [0.2, 0.25) is 5.91 Å². The molecule has 0 aromatic heterocycles. The standard InChI is InChI=1S/C18H18F3NO3/c1-12-3-4-13(2)16(11-12)24-10-9-17(23)22-14-5-7-15(8-6-14)25-18(19,20)21/h3-8,11H,9-10H2,1-2H3,(H,22,23). The molecule has 25 heavy (non-hydrogen) atoms. The highest BCUT2D eigenvalue weighted by atomic mass is 19.4. The molecule has 0 radical (unpaired) electrons. The van der Waals surface area contributed by atoms with E-state index in [1.807, 2.05) is 32.0 Å². The van der Waals surface area contributed by atoms with Crippen LogP contribution in [0.3, 0.4) is 0 Å². The molecule has 2 aromatic carbocycles. The molecule has 7 heteroatoms. The first kappa shape index (κ1) is 18.6. The molecule has 0 atom stereocenters. The molecular weight excluding hydrogens is 335 g/mol. The van der Waals surface area contributed by atoms with E-state index in [1.54, 1.807) is 0 Å². The number of carbonyl (C=O) groups excluding carboxylic acids is 1. The van der Waals surface area contributed by atoms with Gasteiger partial charge >= 0.3 is 6.36 Å². The Bertz CT molecular complexity index is 727. The topological polar surface area (TPSA) is 47.6 Å². The van der Waals surface area contributed by atoms with Gasteiger partial charge in [-0.05, 0) is 55.3 Å². The Morgan fingerprint density at radius 3 is 2.40 bits per heavy atom. The van der Waals surface area contributed by atoms with Crippen molar-refractivity contribution in [2.75, 3.05) is 11.9 Å². The van der Waals surface area contributed by atoms with E-state index >= 15 is 0 Å². The Hall–Kier alpha value is -2.70. The van der Waals surface area contributed by atoms with Crippen LogP contribution in [0.4, 0.5) is 18.9 Å². The van der Waals surface area contributed by atoms with Crippen molar-refractivity contribution in [3.63, 3.8) is 0 Å². The summed E-state index contributed by atoms with van der Waals surface area (Å²) >= 11 is 0. The quantitative estimate of drug-likeness (QED) is 0.825. The zero-order valence-electron chi connectivity index (χ0n) is 13.8. The Labute approximate surface area is 143 Å². The molecule has 2 aromatic rings. The minimum atomic E-state index is -4.74. The van der Waals surface area contributed by atoms with E-state index in [4.69, 9.17) is 4.74 Å². The average molecular weight is 353 g/mol. The van der Waals surface area contributed by atoms with Crippen LogP contribution in [0.15, 0.2) is 42.5 Å². The monoisotopic (exact) mass is 353 g/mol. The van der Waals surface area contributed by atoms with Gasteiger partial charge in [0.1, 0.15) is 11.5 Å². The lowest BCUT2D eigenvalue weighted by atomic mass is 10.1. The maximum atomic E-state index is 12.1. The summed E-state index contributed by atoms with van der Waals surface area (Å²) in [6, 6.07) is 10.8. The van der Waals surface area contributed by atoms with Crippen molar-refractivity contribution in [2.24, 2.45) is 0 Å². The van der Waals surface area contributed by atoms with Crippen LogP contribution in [0.2, 0.25) is 0 Å². The number of aryl methyl sites for hydroxylation is 2. The van der Waals surface area contributed by atoms with Gasteiger partial charge in [-0.25, -0.2) is 0 Å². The Kier molecular flexibility index (Phi) is 5.90. The predicted octanol–water partition coefficient (Wildman–Crippen LogP) is 4.61. The molecule has 134 valence electrons. The maximum absolute atomic E-state index is 12.1. The second-order valence-corrected chi connectivity index (χ2v) is 5.49. The number of carbonyl (C=O) groups is 1. The molecule has 0 unspecified atom stereocenters. The molecule has 0 spiro atoms. The van der Waals surface area contributed by atoms with Crippen molar-refractivity contribution in [3.05, 3.63) is 53.6 Å². The summed E-state index contributed by atoms with van der Waals surface area (Å²) in [5, 5.41) is 2.59. The first-order valence-electron chi connectivity index (χ1n) is 7.59. The number of amides is 1. The predicted molar refractivity (Wildman–Crippen MR) is 87.8 cm³/mol. The van der Waals surface area contributed by atoms with Crippen LogP contribution in [0.1, 0.15) is 17.5 Å². The highest BCUT2D eigenvalue weighted by Crippen LogP contribution is 2.24. The number of halogens is 3. The molecule has 0 bridgehead atoms. The number of nitrogens with one attached hydrogen (secondary N) is 1. The molecule has 4 nitrogen and oxygen atoms in total. The van der Waals surface area contributed by atoms with Crippen LogP contribution in [0.25, 0.3) is 0 Å². The first-order chi connectivity index (χ1) is 11.7. The molecule has 2 rings (SSSR count). The number of anilines is 1. The van der Waals surface area contributed by atoms with Gasteiger partial charge in [0.05, 0.1) is 13.0 Å². The van der Waals surface area contributed by atoms with Gasteiger partial charge in [0.15, 0.2) is 0 Å². The minimum absolute atomic E-state index is 0.119. The maximum Gasteiger partial charge on any atom is 0.573 e. The number of ether oxygens (including phenoxy) is 2. The van der Waals surface area contributed by atoms with E-state index in [0.29, 0.717) is 5.69 Å². The van der Waals surface area contributed by atoms with Gasteiger partial charge < -0.3 is 14.8 Å². The lowest BCUT2D eigenvalue weighted by Gasteiger charge is -2.11. The number of hydrogen-bond donors (Lipinski definition) is 1. The number of hydrogen-bond acceptors (Lipinski definition) is 3. The third-order valence-electron chi connectivity index (χ3n) is 3.30. The zero-order chi connectivity index (χ0) is 18.4. The SMILES string of the molecule is Cc1ccc(C)c(OCCC(=O)Nc2ccc(OC(F)(F)F)cc2)c1. The van der Waals surface area contributed by atoms with E-state index < -0.39 is 6.36 Å². The summed E-state index contributed by atoms with van der Waals surface area (Å²) in [5.41, 5.74) is 2.42. The minimum Gasteiger partial charge on any atom is -0.493 e. The van der Waals surface area contributed by atoms with Crippen LogP contribution < -0.4 is 14.8 Å². The van der Waals surface area contributed by atoms with Crippen molar-refractivity contribution in [2.45, 2.75) is 26.6 Å². The van der Waals surface area contributed by atoms with Crippen molar-refractivity contribution < 1.29 is 27.4 Å². The molecule has 0 saturated heterocycles. The Balaban J connectivity index is 1.81. The van der Waals surface area contributed by atoms with Crippen LogP contribution in [0.5, 0.6) is 11.5 Å². The summed E-state index contributed by atoms with van der Waals surface area (Å²) in [5.74, 6) is 0.0833. The van der Waals surface area contributed by atoms with E-state index in [0.717, 1.165) is 29.0 Å². The van der Waals surface area contributed by atoms with E-state index in [2.05, 4.69) is 10.1 Å². The second-order valence-electron chi connectivity index (χ2n) is 5.49. The van der Waals surface area contributed by atoms with Crippen LogP contribution >= 0.6 is 0 Å².